The van der Waals surface area contributed by atoms with E-state index in [2.05, 4.69) is 20.3 Å². The van der Waals surface area contributed by atoms with Crippen molar-refractivity contribution in [3.05, 3.63) is 36.8 Å². The Bertz CT molecular complexity index is 1230. The van der Waals surface area contributed by atoms with Crippen molar-refractivity contribution in [3.8, 4) is 17.0 Å². The van der Waals surface area contributed by atoms with Gasteiger partial charge in [0.05, 0.1) is 11.8 Å². The summed E-state index contributed by atoms with van der Waals surface area (Å²) in [5.74, 6) is 1.20. The average molecular weight is 463 g/mol. The highest BCUT2D eigenvalue weighted by Crippen LogP contribution is 2.35. The lowest BCUT2D eigenvalue weighted by Crippen LogP contribution is -2.50. The van der Waals surface area contributed by atoms with E-state index in [9.17, 15) is 9.59 Å². The fraction of sp³-hybridized carbons (Fsp3) is 0.435. The molecule has 1 N–H and O–H groups in total. The molecule has 0 radical (unpaired) electrons. The first-order chi connectivity index (χ1) is 16.7. The molecule has 0 spiro atoms. The molecule has 1 aliphatic carbocycles. The minimum absolute atomic E-state index is 0.222. The number of hydrogen-bond acceptors (Lipinski definition) is 8. The van der Waals surface area contributed by atoms with Crippen LogP contribution in [0, 0.1) is 0 Å². The Morgan fingerprint density at radius 1 is 1.09 bits per heavy atom. The molecule has 2 aliphatic heterocycles. The zero-order valence-corrected chi connectivity index (χ0v) is 18.6. The number of nitrogens with zero attached hydrogens (tertiary/aromatic N) is 6. The molecular weight excluding hydrogens is 438 g/mol. The zero-order chi connectivity index (χ0) is 23.1. The highest BCUT2D eigenvalue weighted by Gasteiger charge is 2.31. The molecule has 0 bridgehead atoms. The molecule has 3 aromatic rings. The van der Waals surface area contributed by atoms with Crippen molar-refractivity contribution in [2.45, 2.75) is 31.5 Å². The summed E-state index contributed by atoms with van der Waals surface area (Å²) in [4.78, 5) is 37.2. The van der Waals surface area contributed by atoms with Crippen LogP contribution in [0.5, 0.6) is 5.88 Å². The van der Waals surface area contributed by atoms with Crippen LogP contribution in [0.1, 0.15) is 19.3 Å². The van der Waals surface area contributed by atoms with Gasteiger partial charge in [0.15, 0.2) is 11.8 Å². The number of anilines is 1. The Labute approximate surface area is 195 Å². The molecule has 1 saturated carbocycles. The van der Waals surface area contributed by atoms with Gasteiger partial charge >= 0.3 is 6.09 Å². The number of aromatic nitrogens is 4. The molecule has 5 heterocycles. The van der Waals surface area contributed by atoms with E-state index in [0.29, 0.717) is 45.0 Å². The highest BCUT2D eigenvalue weighted by atomic mass is 16.6. The van der Waals surface area contributed by atoms with Gasteiger partial charge in [0, 0.05) is 57.1 Å². The number of ether oxygens (including phenoxy) is 2. The molecule has 3 aromatic heterocycles. The summed E-state index contributed by atoms with van der Waals surface area (Å²) in [7, 11) is 0. The van der Waals surface area contributed by atoms with Crippen LogP contribution >= 0.6 is 0 Å². The number of nitrogens with one attached hydrogen (secondary N) is 1. The third-order valence-electron chi connectivity index (χ3n) is 6.32. The van der Waals surface area contributed by atoms with Crippen LogP contribution in [0.25, 0.3) is 16.8 Å². The van der Waals surface area contributed by atoms with Crippen LogP contribution in [-0.2, 0) is 9.53 Å². The Kier molecular flexibility index (Phi) is 5.16. The molecule has 0 aromatic carbocycles. The molecular formula is C23H25N7O4. The van der Waals surface area contributed by atoms with Gasteiger partial charge in [-0.1, -0.05) is 0 Å². The van der Waals surface area contributed by atoms with Gasteiger partial charge in [-0.15, -0.1) is 0 Å². The van der Waals surface area contributed by atoms with Crippen LogP contribution in [0.15, 0.2) is 36.8 Å². The van der Waals surface area contributed by atoms with Crippen molar-refractivity contribution >= 4 is 23.5 Å². The zero-order valence-electron chi connectivity index (χ0n) is 18.6. The summed E-state index contributed by atoms with van der Waals surface area (Å²) in [5.41, 5.74) is 2.46. The van der Waals surface area contributed by atoms with E-state index in [0.717, 1.165) is 35.4 Å². The maximum Gasteiger partial charge on any atom is 0.410 e. The Hall–Kier alpha value is -3.89. The molecule has 176 valence electrons. The van der Waals surface area contributed by atoms with Crippen molar-refractivity contribution < 1.29 is 19.1 Å². The van der Waals surface area contributed by atoms with E-state index in [-0.39, 0.29) is 12.0 Å². The maximum atomic E-state index is 12.5. The monoisotopic (exact) mass is 463 g/mol. The summed E-state index contributed by atoms with van der Waals surface area (Å²) in [5, 5.41) is 7.14. The number of pyridine rings is 1. The van der Waals surface area contributed by atoms with Crippen LogP contribution in [0.4, 0.5) is 10.6 Å². The average Bonchev–Trinajstić information content (AvgIpc) is 3.44. The van der Waals surface area contributed by atoms with E-state index in [1.165, 1.54) is 0 Å². The third-order valence-corrected chi connectivity index (χ3v) is 6.32. The highest BCUT2D eigenvalue weighted by molar-refractivity contribution is 5.85. The van der Waals surface area contributed by atoms with Crippen molar-refractivity contribution in [1.82, 2.24) is 29.8 Å². The van der Waals surface area contributed by atoms with E-state index in [4.69, 9.17) is 14.5 Å². The van der Waals surface area contributed by atoms with Gasteiger partial charge in [-0.3, -0.25) is 4.79 Å². The smallest absolute Gasteiger partial charge is 0.410 e. The van der Waals surface area contributed by atoms with Crippen molar-refractivity contribution in [3.63, 3.8) is 0 Å². The number of amides is 2. The molecule has 34 heavy (non-hydrogen) atoms. The lowest BCUT2D eigenvalue weighted by molar-refractivity contribution is -0.126. The molecule has 2 amide bonds. The summed E-state index contributed by atoms with van der Waals surface area (Å²) in [6.45, 7) is 2.76. The largest absolute Gasteiger partial charge is 0.474 e. The SMILES string of the molecule is O=C1NCC[C@@H]1OC(=O)N1CCN(c2ccn3ncc(-c4cccnc4OC4CC4)c3n2)CC1. The molecule has 1 atom stereocenters. The van der Waals surface area contributed by atoms with Gasteiger partial charge in [-0.2, -0.15) is 5.10 Å². The molecule has 2 saturated heterocycles. The quantitative estimate of drug-likeness (QED) is 0.605. The van der Waals surface area contributed by atoms with E-state index >= 15 is 0 Å². The van der Waals surface area contributed by atoms with Crippen LogP contribution in [0.3, 0.4) is 0 Å². The lowest BCUT2D eigenvalue weighted by Gasteiger charge is -2.35. The first kappa shape index (κ1) is 20.7. The second-order valence-corrected chi connectivity index (χ2v) is 8.71. The normalized spacial score (nSPS) is 20.5. The van der Waals surface area contributed by atoms with E-state index in [1.54, 1.807) is 21.8 Å². The molecule has 11 heteroatoms. The predicted molar refractivity (Wildman–Crippen MR) is 122 cm³/mol. The van der Waals surface area contributed by atoms with Crippen LogP contribution < -0.4 is 15.0 Å². The summed E-state index contributed by atoms with van der Waals surface area (Å²) >= 11 is 0. The van der Waals surface area contributed by atoms with Crippen LogP contribution in [-0.4, -0.2) is 81.4 Å². The Morgan fingerprint density at radius 2 is 1.94 bits per heavy atom. The minimum Gasteiger partial charge on any atom is -0.474 e. The van der Waals surface area contributed by atoms with Gasteiger partial charge in [0.25, 0.3) is 5.91 Å². The summed E-state index contributed by atoms with van der Waals surface area (Å²) in [6, 6.07) is 5.78. The standard InChI is InChI=1S/C23H25N7O4/c31-21-18(5-8-24-21)34-23(32)29-12-10-28(11-13-29)19-6-9-30-20(27-19)17(14-26-30)16-2-1-7-25-22(16)33-15-3-4-15/h1-2,6-7,9,14-15,18H,3-5,8,10-13H2,(H,24,31)/t18-/m0/s1. The molecule has 11 nitrogen and oxygen atoms in total. The van der Waals surface area contributed by atoms with E-state index in [1.807, 2.05) is 24.4 Å². The predicted octanol–water partition coefficient (Wildman–Crippen LogP) is 1.48. The number of carbonyl (C=O) groups is 2. The lowest BCUT2D eigenvalue weighted by atomic mass is 10.1. The number of carbonyl (C=O) groups excluding carboxylic acids is 2. The second kappa shape index (κ2) is 8.47. The summed E-state index contributed by atoms with van der Waals surface area (Å²) in [6.07, 6.45) is 7.15. The first-order valence-corrected chi connectivity index (χ1v) is 11.6. The number of rotatable bonds is 5. The van der Waals surface area contributed by atoms with Crippen molar-refractivity contribution in [1.29, 1.82) is 0 Å². The van der Waals surface area contributed by atoms with Crippen LogP contribution in [0.2, 0.25) is 0 Å². The van der Waals surface area contributed by atoms with Crippen molar-refractivity contribution in [2.24, 2.45) is 0 Å². The third kappa shape index (κ3) is 3.97. The van der Waals surface area contributed by atoms with Crippen molar-refractivity contribution in [2.75, 3.05) is 37.6 Å². The fourth-order valence-electron chi connectivity index (χ4n) is 4.26. The Morgan fingerprint density at radius 3 is 2.71 bits per heavy atom. The Balaban J connectivity index is 1.18. The van der Waals surface area contributed by atoms with Gasteiger partial charge in [-0.05, 0) is 31.0 Å². The topological polar surface area (TPSA) is 114 Å². The fourth-order valence-corrected chi connectivity index (χ4v) is 4.26. The number of fused-ring (bicyclic) bond motifs is 1. The van der Waals surface area contributed by atoms with Gasteiger partial charge in [0.1, 0.15) is 11.9 Å². The number of piperazine rings is 1. The maximum absolute atomic E-state index is 12.5. The van der Waals surface area contributed by atoms with Gasteiger partial charge < -0.3 is 24.6 Å². The number of hydrogen-bond donors (Lipinski definition) is 1. The molecule has 6 rings (SSSR count). The first-order valence-electron chi connectivity index (χ1n) is 11.6. The second-order valence-electron chi connectivity index (χ2n) is 8.71. The van der Waals surface area contributed by atoms with Gasteiger partial charge in [-0.25, -0.2) is 19.3 Å². The van der Waals surface area contributed by atoms with Gasteiger partial charge in [0.2, 0.25) is 5.88 Å². The summed E-state index contributed by atoms with van der Waals surface area (Å²) < 4.78 is 13.1. The molecule has 3 fully saturated rings. The minimum atomic E-state index is -0.684. The molecule has 0 unspecified atom stereocenters. The van der Waals surface area contributed by atoms with E-state index < -0.39 is 12.2 Å². The molecule has 3 aliphatic rings.